The molecule has 1 saturated heterocycles. The van der Waals surface area contributed by atoms with Crippen molar-refractivity contribution in [2.24, 2.45) is 0 Å². The number of aromatic amines is 1. The summed E-state index contributed by atoms with van der Waals surface area (Å²) in [6, 6.07) is 0. The normalized spacial score (nSPS) is 19.6. The van der Waals surface area contributed by atoms with Crippen molar-refractivity contribution in [3.63, 3.8) is 0 Å². The first kappa shape index (κ1) is 12.7. The molecule has 1 aromatic rings. The van der Waals surface area contributed by atoms with Crippen LogP contribution in [0.2, 0.25) is 0 Å². The molecule has 0 radical (unpaired) electrons. The fraction of sp³-hybridized carbons (Fsp3) is 0.667. The van der Waals surface area contributed by atoms with E-state index in [-0.39, 0.29) is 9.08 Å². The van der Waals surface area contributed by atoms with Crippen LogP contribution in [0.5, 0.6) is 0 Å². The zero-order chi connectivity index (χ0) is 12.6. The smallest absolute Gasteiger partial charge is 0.305 e. The van der Waals surface area contributed by atoms with Gasteiger partial charge in [0.1, 0.15) is 0 Å². The van der Waals surface area contributed by atoms with Gasteiger partial charge in [0.2, 0.25) is 0 Å². The third kappa shape index (κ3) is 2.44. The molecule has 1 aliphatic rings. The van der Waals surface area contributed by atoms with Crippen LogP contribution < -0.4 is 4.87 Å². The molecule has 0 saturated carbocycles. The number of H-pyrrole nitrogens is 1. The van der Waals surface area contributed by atoms with Gasteiger partial charge < -0.3 is 10.1 Å². The number of aliphatic hydroxyl groups is 1. The lowest BCUT2D eigenvalue weighted by Gasteiger charge is -2.28. The molecule has 0 amide bonds. The number of aryl methyl sites for hydroxylation is 1. The van der Waals surface area contributed by atoms with Gasteiger partial charge in [-0.1, -0.05) is 11.3 Å². The summed E-state index contributed by atoms with van der Waals surface area (Å²) in [6.45, 7) is 2.17. The van der Waals surface area contributed by atoms with E-state index in [1.165, 1.54) is 4.31 Å². The molecule has 0 unspecified atom stereocenters. The van der Waals surface area contributed by atoms with Crippen molar-refractivity contribution < 1.29 is 13.5 Å². The Morgan fingerprint density at radius 2 is 2.00 bits per heavy atom. The summed E-state index contributed by atoms with van der Waals surface area (Å²) in [5, 5.41) is 9.35. The van der Waals surface area contributed by atoms with Crippen LogP contribution in [0.15, 0.2) is 9.00 Å². The summed E-state index contributed by atoms with van der Waals surface area (Å²) < 4.78 is 25.9. The molecule has 0 aromatic carbocycles. The summed E-state index contributed by atoms with van der Waals surface area (Å²) in [6.07, 6.45) is 0.461. The van der Waals surface area contributed by atoms with E-state index in [4.69, 9.17) is 0 Å². The number of piperidine rings is 1. The van der Waals surface area contributed by atoms with E-state index in [2.05, 4.69) is 4.98 Å². The molecular formula is C9H14N2O4S2. The van der Waals surface area contributed by atoms with E-state index >= 15 is 0 Å². The maximum atomic E-state index is 12.2. The van der Waals surface area contributed by atoms with Crippen molar-refractivity contribution in [2.75, 3.05) is 13.1 Å². The standard InChI is InChI=1S/C9H14N2O4S2/c1-6-8(16-9(13)10-6)17(14,15)11-4-2-7(12)3-5-11/h7,12H,2-5H2,1H3,(H,10,13). The Morgan fingerprint density at radius 1 is 1.41 bits per heavy atom. The van der Waals surface area contributed by atoms with Gasteiger partial charge >= 0.3 is 4.87 Å². The molecule has 6 nitrogen and oxygen atoms in total. The number of sulfonamides is 1. The zero-order valence-electron chi connectivity index (χ0n) is 9.34. The van der Waals surface area contributed by atoms with Crippen molar-refractivity contribution >= 4 is 21.4 Å². The second-order valence-electron chi connectivity index (χ2n) is 4.06. The fourth-order valence-corrected chi connectivity index (χ4v) is 4.74. The van der Waals surface area contributed by atoms with Crippen LogP contribution in [0, 0.1) is 6.92 Å². The highest BCUT2D eigenvalue weighted by atomic mass is 32.2. The number of thiazole rings is 1. The van der Waals surface area contributed by atoms with Crippen molar-refractivity contribution in [3.8, 4) is 0 Å². The van der Waals surface area contributed by atoms with Crippen molar-refractivity contribution in [1.82, 2.24) is 9.29 Å². The average Bonchev–Trinajstić information content (AvgIpc) is 2.59. The summed E-state index contributed by atoms with van der Waals surface area (Å²) in [7, 11) is -3.59. The maximum absolute atomic E-state index is 12.2. The number of nitrogens with one attached hydrogen (secondary N) is 1. The molecule has 2 rings (SSSR count). The number of hydrogen-bond acceptors (Lipinski definition) is 5. The van der Waals surface area contributed by atoms with Gasteiger partial charge in [0.25, 0.3) is 10.0 Å². The first-order chi connectivity index (χ1) is 7.91. The van der Waals surface area contributed by atoms with E-state index in [0.717, 1.165) is 0 Å². The van der Waals surface area contributed by atoms with E-state index in [1.807, 2.05) is 0 Å². The van der Waals surface area contributed by atoms with Gasteiger partial charge in [-0.2, -0.15) is 4.31 Å². The van der Waals surface area contributed by atoms with Crippen LogP contribution in [0.3, 0.4) is 0 Å². The molecule has 0 spiro atoms. The Bertz CT molecular complexity index is 552. The first-order valence-electron chi connectivity index (χ1n) is 5.29. The molecule has 1 aliphatic heterocycles. The molecule has 1 fully saturated rings. The Hall–Kier alpha value is -0.700. The zero-order valence-corrected chi connectivity index (χ0v) is 11.0. The molecule has 8 heteroatoms. The summed E-state index contributed by atoms with van der Waals surface area (Å²) in [5.41, 5.74) is 0.381. The number of nitrogens with zero attached hydrogens (tertiary/aromatic N) is 1. The summed E-state index contributed by atoms with van der Waals surface area (Å²) in [4.78, 5) is 13.2. The van der Waals surface area contributed by atoms with Crippen LogP contribution in [-0.2, 0) is 10.0 Å². The maximum Gasteiger partial charge on any atom is 0.305 e. The molecule has 0 bridgehead atoms. The largest absolute Gasteiger partial charge is 0.393 e. The van der Waals surface area contributed by atoms with Gasteiger partial charge in [-0.15, -0.1) is 0 Å². The van der Waals surface area contributed by atoms with Gasteiger partial charge in [0, 0.05) is 18.8 Å². The summed E-state index contributed by atoms with van der Waals surface area (Å²) >= 11 is 0.713. The monoisotopic (exact) mass is 278 g/mol. The predicted octanol–water partition coefficient (Wildman–Crippen LogP) is -0.110. The fourth-order valence-electron chi connectivity index (χ4n) is 1.84. The molecule has 17 heavy (non-hydrogen) atoms. The molecule has 1 aromatic heterocycles. The molecular weight excluding hydrogens is 264 g/mol. The molecule has 0 atom stereocenters. The average molecular weight is 278 g/mol. The van der Waals surface area contributed by atoms with Gasteiger partial charge in [-0.25, -0.2) is 8.42 Å². The molecule has 2 N–H and O–H groups in total. The predicted molar refractivity (Wildman–Crippen MR) is 63.7 cm³/mol. The Kier molecular flexibility index (Phi) is 3.39. The lowest BCUT2D eigenvalue weighted by Crippen LogP contribution is -2.39. The highest BCUT2D eigenvalue weighted by molar-refractivity contribution is 7.91. The topological polar surface area (TPSA) is 90.5 Å². The second-order valence-corrected chi connectivity index (χ2v) is 7.18. The van der Waals surface area contributed by atoms with Gasteiger partial charge in [0.05, 0.1) is 6.10 Å². The molecule has 96 valence electrons. The minimum atomic E-state index is -3.59. The van der Waals surface area contributed by atoms with Gasteiger partial charge in [0.15, 0.2) is 4.21 Å². The highest BCUT2D eigenvalue weighted by Crippen LogP contribution is 2.24. The van der Waals surface area contributed by atoms with Crippen LogP contribution in [0.25, 0.3) is 0 Å². The summed E-state index contributed by atoms with van der Waals surface area (Å²) in [5.74, 6) is 0. The molecule has 0 aliphatic carbocycles. The third-order valence-corrected chi connectivity index (χ3v) is 6.26. The van der Waals surface area contributed by atoms with Gasteiger partial charge in [-0.05, 0) is 19.8 Å². The van der Waals surface area contributed by atoms with Crippen molar-refractivity contribution in [1.29, 1.82) is 0 Å². The number of hydrogen-bond donors (Lipinski definition) is 2. The lowest BCUT2D eigenvalue weighted by atomic mass is 10.1. The Balaban J connectivity index is 2.31. The van der Waals surface area contributed by atoms with E-state index in [0.29, 0.717) is 43.0 Å². The Morgan fingerprint density at radius 3 is 2.47 bits per heavy atom. The van der Waals surface area contributed by atoms with Crippen LogP contribution in [0.1, 0.15) is 18.5 Å². The molecule has 2 heterocycles. The van der Waals surface area contributed by atoms with Crippen molar-refractivity contribution in [3.05, 3.63) is 15.4 Å². The number of rotatable bonds is 2. The van der Waals surface area contributed by atoms with Crippen LogP contribution in [0.4, 0.5) is 0 Å². The van der Waals surface area contributed by atoms with E-state index in [9.17, 15) is 18.3 Å². The quantitative estimate of drug-likeness (QED) is 0.790. The van der Waals surface area contributed by atoms with Crippen molar-refractivity contribution in [2.45, 2.75) is 30.1 Å². The van der Waals surface area contributed by atoms with E-state index in [1.54, 1.807) is 6.92 Å². The van der Waals surface area contributed by atoms with E-state index < -0.39 is 16.1 Å². The number of aromatic nitrogens is 1. The highest BCUT2D eigenvalue weighted by Gasteiger charge is 2.31. The van der Waals surface area contributed by atoms with Crippen LogP contribution in [-0.4, -0.2) is 42.0 Å². The van der Waals surface area contributed by atoms with Gasteiger partial charge in [-0.3, -0.25) is 4.79 Å². The minimum absolute atomic E-state index is 0.0823. The third-order valence-electron chi connectivity index (χ3n) is 2.78. The second kappa shape index (κ2) is 4.52. The lowest BCUT2D eigenvalue weighted by molar-refractivity contribution is 0.113. The first-order valence-corrected chi connectivity index (χ1v) is 7.55. The SMILES string of the molecule is Cc1[nH]c(=O)sc1S(=O)(=O)N1CCC(O)CC1. The number of aliphatic hydroxyl groups excluding tert-OH is 1. The van der Waals surface area contributed by atoms with Crippen LogP contribution >= 0.6 is 11.3 Å². The minimum Gasteiger partial charge on any atom is -0.393 e. The Labute approximate surface area is 103 Å².